The maximum atomic E-state index is 5.11. The Morgan fingerprint density at radius 3 is 3.05 bits per heavy atom. The maximum absolute atomic E-state index is 5.11. The fraction of sp³-hybridized carbons (Fsp3) is 0.533. The standard InChI is InChI=1S/C15H21N3O/c1-12-8-18(15-3-4-16-7-14(12)15)11-13-9-17(10-13)5-6-19-2/h3-4,7-8,13H,5-6,9-11H2,1-2H3. The van der Waals surface area contributed by atoms with Gasteiger partial charge >= 0.3 is 0 Å². The lowest BCUT2D eigenvalue weighted by atomic mass is 10.0. The summed E-state index contributed by atoms with van der Waals surface area (Å²) in [6.07, 6.45) is 6.10. The van der Waals surface area contributed by atoms with Crippen LogP contribution in [0.25, 0.3) is 10.9 Å². The number of nitrogens with zero attached hydrogens (tertiary/aromatic N) is 3. The van der Waals surface area contributed by atoms with Crippen LogP contribution in [0.1, 0.15) is 5.56 Å². The van der Waals surface area contributed by atoms with Gasteiger partial charge in [-0.3, -0.25) is 4.98 Å². The molecule has 1 saturated heterocycles. The molecule has 102 valence electrons. The van der Waals surface area contributed by atoms with Crippen LogP contribution in [0.15, 0.2) is 24.7 Å². The van der Waals surface area contributed by atoms with Gasteiger partial charge in [-0.2, -0.15) is 0 Å². The van der Waals surface area contributed by atoms with E-state index in [1.807, 2.05) is 12.4 Å². The van der Waals surface area contributed by atoms with Crippen LogP contribution in [0.5, 0.6) is 0 Å². The topological polar surface area (TPSA) is 30.3 Å². The van der Waals surface area contributed by atoms with Gasteiger partial charge in [0.2, 0.25) is 0 Å². The molecule has 0 spiro atoms. The summed E-state index contributed by atoms with van der Waals surface area (Å²) in [6, 6.07) is 2.11. The van der Waals surface area contributed by atoms with E-state index in [2.05, 4.69) is 33.6 Å². The van der Waals surface area contributed by atoms with Crippen LogP contribution in [-0.4, -0.2) is 47.8 Å². The van der Waals surface area contributed by atoms with E-state index in [9.17, 15) is 0 Å². The molecular formula is C15H21N3O. The number of ether oxygens (including phenoxy) is 1. The molecule has 0 saturated carbocycles. The number of fused-ring (bicyclic) bond motifs is 1. The molecule has 0 radical (unpaired) electrons. The fourth-order valence-corrected chi connectivity index (χ4v) is 2.94. The van der Waals surface area contributed by atoms with Crippen molar-refractivity contribution in [2.45, 2.75) is 13.5 Å². The van der Waals surface area contributed by atoms with Crippen molar-refractivity contribution in [1.82, 2.24) is 14.5 Å². The molecule has 4 nitrogen and oxygen atoms in total. The molecule has 1 aliphatic heterocycles. The van der Waals surface area contributed by atoms with Crippen molar-refractivity contribution in [1.29, 1.82) is 0 Å². The van der Waals surface area contributed by atoms with Crippen LogP contribution >= 0.6 is 0 Å². The summed E-state index contributed by atoms with van der Waals surface area (Å²) in [7, 11) is 1.76. The van der Waals surface area contributed by atoms with Crippen molar-refractivity contribution >= 4 is 10.9 Å². The Bertz CT molecular complexity index is 558. The summed E-state index contributed by atoms with van der Waals surface area (Å²) in [4.78, 5) is 6.66. The minimum absolute atomic E-state index is 0.764. The van der Waals surface area contributed by atoms with Gasteiger partial charge in [0.05, 0.1) is 12.1 Å². The van der Waals surface area contributed by atoms with E-state index in [4.69, 9.17) is 4.74 Å². The summed E-state index contributed by atoms with van der Waals surface area (Å²) in [6.45, 7) is 7.54. The van der Waals surface area contributed by atoms with Crippen LogP contribution in [0.4, 0.5) is 0 Å². The van der Waals surface area contributed by atoms with Crippen molar-refractivity contribution in [3.05, 3.63) is 30.2 Å². The minimum Gasteiger partial charge on any atom is -0.383 e. The normalized spacial score (nSPS) is 16.9. The summed E-state index contributed by atoms with van der Waals surface area (Å²) in [5, 5.41) is 1.28. The molecule has 19 heavy (non-hydrogen) atoms. The third-order valence-electron chi connectivity index (χ3n) is 3.98. The second kappa shape index (κ2) is 5.31. The first kappa shape index (κ1) is 12.6. The molecule has 0 atom stereocenters. The Morgan fingerprint density at radius 1 is 1.42 bits per heavy atom. The quantitative estimate of drug-likeness (QED) is 0.822. The van der Waals surface area contributed by atoms with Gasteiger partial charge in [-0.05, 0) is 18.6 Å². The average molecular weight is 259 g/mol. The molecule has 2 aromatic rings. The zero-order valence-electron chi connectivity index (χ0n) is 11.7. The Morgan fingerprint density at radius 2 is 2.26 bits per heavy atom. The zero-order chi connectivity index (χ0) is 13.2. The van der Waals surface area contributed by atoms with E-state index in [0.717, 1.165) is 25.6 Å². The average Bonchev–Trinajstić information content (AvgIpc) is 2.70. The van der Waals surface area contributed by atoms with Gasteiger partial charge in [0.1, 0.15) is 0 Å². The first-order valence-corrected chi connectivity index (χ1v) is 6.88. The Kier molecular flexibility index (Phi) is 3.53. The van der Waals surface area contributed by atoms with Crippen molar-refractivity contribution in [3.63, 3.8) is 0 Å². The number of hydrogen-bond donors (Lipinski definition) is 0. The second-order valence-corrected chi connectivity index (χ2v) is 5.48. The van der Waals surface area contributed by atoms with Crippen molar-refractivity contribution in [3.8, 4) is 0 Å². The van der Waals surface area contributed by atoms with E-state index in [1.54, 1.807) is 7.11 Å². The van der Waals surface area contributed by atoms with Crippen LogP contribution < -0.4 is 0 Å². The van der Waals surface area contributed by atoms with Gasteiger partial charge in [0.15, 0.2) is 0 Å². The molecule has 1 aliphatic rings. The first-order chi connectivity index (χ1) is 9.28. The number of pyridine rings is 1. The van der Waals surface area contributed by atoms with E-state index in [0.29, 0.717) is 0 Å². The monoisotopic (exact) mass is 259 g/mol. The van der Waals surface area contributed by atoms with Crippen LogP contribution in [0.2, 0.25) is 0 Å². The molecule has 3 rings (SSSR count). The molecular weight excluding hydrogens is 238 g/mol. The summed E-state index contributed by atoms with van der Waals surface area (Å²) >= 11 is 0. The summed E-state index contributed by atoms with van der Waals surface area (Å²) < 4.78 is 7.49. The highest BCUT2D eigenvalue weighted by molar-refractivity contribution is 5.82. The lowest BCUT2D eigenvalue weighted by molar-refractivity contribution is 0.0572. The van der Waals surface area contributed by atoms with E-state index in [1.165, 1.54) is 29.6 Å². The van der Waals surface area contributed by atoms with E-state index >= 15 is 0 Å². The minimum atomic E-state index is 0.764. The summed E-state index contributed by atoms with van der Waals surface area (Å²) in [5.41, 5.74) is 2.63. The predicted molar refractivity (Wildman–Crippen MR) is 76.3 cm³/mol. The van der Waals surface area contributed by atoms with E-state index < -0.39 is 0 Å². The zero-order valence-corrected chi connectivity index (χ0v) is 11.7. The number of likely N-dealkylation sites (tertiary alicyclic amines) is 1. The van der Waals surface area contributed by atoms with E-state index in [-0.39, 0.29) is 0 Å². The molecule has 0 N–H and O–H groups in total. The lowest BCUT2D eigenvalue weighted by Crippen LogP contribution is -2.49. The highest BCUT2D eigenvalue weighted by atomic mass is 16.5. The molecule has 1 fully saturated rings. The van der Waals surface area contributed by atoms with Gasteiger partial charge in [0.25, 0.3) is 0 Å². The number of methoxy groups -OCH3 is 1. The third-order valence-corrected chi connectivity index (χ3v) is 3.98. The predicted octanol–water partition coefficient (Wildman–Crippen LogP) is 1.92. The molecule has 3 heterocycles. The molecule has 4 heteroatoms. The van der Waals surface area contributed by atoms with Crippen LogP contribution in [-0.2, 0) is 11.3 Å². The van der Waals surface area contributed by atoms with Crippen molar-refractivity contribution < 1.29 is 4.74 Å². The lowest BCUT2D eigenvalue weighted by Gasteiger charge is -2.39. The van der Waals surface area contributed by atoms with Crippen molar-refractivity contribution in [2.24, 2.45) is 5.92 Å². The van der Waals surface area contributed by atoms with Gasteiger partial charge < -0.3 is 14.2 Å². The summed E-state index contributed by atoms with van der Waals surface area (Å²) in [5.74, 6) is 0.764. The van der Waals surface area contributed by atoms with Gasteiger partial charge in [0, 0.05) is 63.2 Å². The van der Waals surface area contributed by atoms with Gasteiger partial charge in [-0.15, -0.1) is 0 Å². The molecule has 0 amide bonds. The second-order valence-electron chi connectivity index (χ2n) is 5.48. The highest BCUT2D eigenvalue weighted by Gasteiger charge is 2.26. The first-order valence-electron chi connectivity index (χ1n) is 6.88. The van der Waals surface area contributed by atoms with Gasteiger partial charge in [-0.25, -0.2) is 0 Å². The largest absolute Gasteiger partial charge is 0.383 e. The highest BCUT2D eigenvalue weighted by Crippen LogP contribution is 2.23. The SMILES string of the molecule is COCCN1CC(Cn2cc(C)c3cnccc32)C1. The Balaban J connectivity index is 1.64. The Hall–Kier alpha value is -1.39. The number of hydrogen-bond acceptors (Lipinski definition) is 3. The van der Waals surface area contributed by atoms with Crippen molar-refractivity contribution in [2.75, 3.05) is 33.4 Å². The van der Waals surface area contributed by atoms with Crippen LogP contribution in [0.3, 0.4) is 0 Å². The molecule has 0 unspecified atom stereocenters. The third kappa shape index (κ3) is 2.51. The molecule has 0 aliphatic carbocycles. The molecule has 2 aromatic heterocycles. The molecule has 0 bridgehead atoms. The number of rotatable bonds is 5. The Labute approximate surface area is 114 Å². The smallest absolute Gasteiger partial charge is 0.0589 e. The van der Waals surface area contributed by atoms with Gasteiger partial charge in [-0.1, -0.05) is 0 Å². The van der Waals surface area contributed by atoms with Crippen LogP contribution in [0, 0.1) is 12.8 Å². The fourth-order valence-electron chi connectivity index (χ4n) is 2.94. The number of aromatic nitrogens is 2. The maximum Gasteiger partial charge on any atom is 0.0589 e. The number of aryl methyl sites for hydroxylation is 1. The molecule has 0 aromatic carbocycles.